The lowest BCUT2D eigenvalue weighted by Crippen LogP contribution is -2.65. The third-order valence-electron chi connectivity index (χ3n) is 9.28. The number of rotatable bonds is 11. The number of hydrogen-bond donors (Lipinski definition) is 3. The van der Waals surface area contributed by atoms with E-state index in [0.29, 0.717) is 36.1 Å². The molecule has 6 atom stereocenters. The molecule has 264 valence electrons. The highest BCUT2D eigenvalue weighted by Gasteiger charge is 2.44. The molecular weight excluding hydrogens is 570 g/mol. The molecule has 0 radical (unpaired) electrons. The summed E-state index contributed by atoms with van der Waals surface area (Å²) in [6, 6.07) is 0.424. The van der Waals surface area contributed by atoms with Crippen LogP contribution in [0.3, 0.4) is 0 Å². The van der Waals surface area contributed by atoms with E-state index in [4.69, 9.17) is 4.74 Å². The second-order valence-electron chi connectivity index (χ2n) is 14.9. The molecular formula is C36H69N3O6. The molecule has 45 heavy (non-hydrogen) atoms. The number of amides is 3. The Hall–Kier alpha value is -2.45. The molecule has 0 aromatic rings. The molecule has 2 fully saturated rings. The van der Waals surface area contributed by atoms with Crippen LogP contribution >= 0.6 is 0 Å². The molecule has 0 bridgehead atoms. The number of ether oxygens (including phenoxy) is 1. The minimum atomic E-state index is -0.518. The van der Waals surface area contributed by atoms with Gasteiger partial charge in [-0.2, -0.15) is 0 Å². The third-order valence-corrected chi connectivity index (χ3v) is 9.28. The Morgan fingerprint density at radius 2 is 1.42 bits per heavy atom. The fourth-order valence-corrected chi connectivity index (χ4v) is 5.63. The van der Waals surface area contributed by atoms with Gasteiger partial charge in [-0.1, -0.05) is 68.2 Å². The SMILES string of the molecule is CCC(C)(C)C(CNC(=O)OC(C)(C)C)C(C)=O.CCC1C(=O)NC1(C)C.CC[C@@H](C)[C@H](CC)C(C)=O.CC[C@@H]1C(=O)N[C@H]1C. The molecule has 9 heteroatoms. The van der Waals surface area contributed by atoms with Gasteiger partial charge in [0.15, 0.2) is 0 Å². The van der Waals surface area contributed by atoms with Crippen LogP contribution in [0.2, 0.25) is 0 Å². The van der Waals surface area contributed by atoms with E-state index in [9.17, 15) is 24.0 Å². The van der Waals surface area contributed by atoms with Crippen molar-refractivity contribution in [1.82, 2.24) is 16.0 Å². The van der Waals surface area contributed by atoms with Gasteiger partial charge in [-0.3, -0.25) is 19.2 Å². The van der Waals surface area contributed by atoms with Crippen LogP contribution in [0.4, 0.5) is 4.79 Å². The number of alkyl carbamates (subject to hydrolysis) is 1. The molecule has 0 aliphatic carbocycles. The van der Waals surface area contributed by atoms with Crippen molar-refractivity contribution in [3.05, 3.63) is 0 Å². The largest absolute Gasteiger partial charge is 0.444 e. The molecule has 9 nitrogen and oxygen atoms in total. The van der Waals surface area contributed by atoms with Crippen LogP contribution in [0.5, 0.6) is 0 Å². The molecule has 2 aliphatic rings. The summed E-state index contributed by atoms with van der Waals surface area (Å²) in [7, 11) is 0. The zero-order valence-corrected chi connectivity index (χ0v) is 31.7. The van der Waals surface area contributed by atoms with Crippen molar-refractivity contribution in [2.24, 2.45) is 35.0 Å². The molecule has 2 aliphatic heterocycles. The second-order valence-corrected chi connectivity index (χ2v) is 14.9. The molecule has 0 aromatic heterocycles. The van der Waals surface area contributed by atoms with Crippen LogP contribution in [-0.4, -0.2) is 53.2 Å². The fraction of sp³-hybridized carbons (Fsp3) is 0.861. The number of carbonyl (C=O) groups excluding carboxylic acids is 5. The van der Waals surface area contributed by atoms with Crippen LogP contribution in [0.15, 0.2) is 0 Å². The number of carbonyl (C=O) groups is 5. The van der Waals surface area contributed by atoms with E-state index in [2.05, 4.69) is 50.6 Å². The molecule has 2 saturated heterocycles. The molecule has 0 saturated carbocycles. The van der Waals surface area contributed by atoms with Crippen molar-refractivity contribution in [2.45, 2.75) is 160 Å². The summed E-state index contributed by atoms with van der Waals surface area (Å²) in [6.45, 7) is 31.7. The van der Waals surface area contributed by atoms with Gasteiger partial charge in [-0.05, 0) is 86.0 Å². The summed E-state index contributed by atoms with van der Waals surface area (Å²) in [4.78, 5) is 55.5. The maximum absolute atomic E-state index is 11.7. The summed E-state index contributed by atoms with van der Waals surface area (Å²) in [6.07, 6.45) is 4.45. The smallest absolute Gasteiger partial charge is 0.407 e. The van der Waals surface area contributed by atoms with E-state index >= 15 is 0 Å². The van der Waals surface area contributed by atoms with Gasteiger partial charge in [-0.15, -0.1) is 0 Å². The van der Waals surface area contributed by atoms with Crippen molar-refractivity contribution >= 4 is 29.5 Å². The summed E-state index contributed by atoms with van der Waals surface area (Å²) in [5.41, 5.74) is -0.581. The van der Waals surface area contributed by atoms with Crippen LogP contribution in [0.1, 0.15) is 143 Å². The molecule has 2 heterocycles. The van der Waals surface area contributed by atoms with E-state index in [1.165, 1.54) is 0 Å². The van der Waals surface area contributed by atoms with Gasteiger partial charge < -0.3 is 20.7 Å². The van der Waals surface area contributed by atoms with E-state index in [-0.39, 0.29) is 40.4 Å². The normalized spacial score (nSPS) is 21.8. The van der Waals surface area contributed by atoms with Gasteiger partial charge in [0, 0.05) is 30.0 Å². The highest BCUT2D eigenvalue weighted by Crippen LogP contribution is 2.31. The van der Waals surface area contributed by atoms with E-state index in [1.54, 1.807) is 13.8 Å². The Labute approximate surface area is 275 Å². The first kappa shape index (κ1) is 44.7. The molecule has 2 unspecified atom stereocenters. The van der Waals surface area contributed by atoms with Gasteiger partial charge in [-0.25, -0.2) is 4.79 Å². The van der Waals surface area contributed by atoms with E-state index in [1.807, 2.05) is 62.3 Å². The molecule has 3 N–H and O–H groups in total. The minimum absolute atomic E-state index is 0.0613. The first-order chi connectivity index (χ1) is 20.5. The standard InChI is InChI=1S/C14H27NO3.C9H18O.C7H13NO.C6H11NO/c1-8-14(6,7)11(10(2)16)9-15-12(17)18-13(3,4)5;1-5-7(3)9(6-2)8(4)10;1-4-5-6(9)8-7(5,2)3;1-3-5-4(2)7-6(5)8/h11H,8-9H2,1-7H3,(H,15,17);7,9H,5-6H2,1-4H3;5H,4H2,1-3H3,(H,8,9);4-5H,3H2,1-2H3,(H,7,8)/t;7-,9+;;4-,5-/m.1.0/s1. The fourth-order valence-electron chi connectivity index (χ4n) is 5.63. The van der Waals surface area contributed by atoms with Gasteiger partial charge >= 0.3 is 6.09 Å². The van der Waals surface area contributed by atoms with Crippen LogP contribution in [-0.2, 0) is 23.9 Å². The average Bonchev–Trinajstić information content (AvgIpc) is 2.88. The Kier molecular flexibility index (Phi) is 19.8. The lowest BCUT2D eigenvalue weighted by Gasteiger charge is -2.43. The minimum Gasteiger partial charge on any atom is -0.444 e. The van der Waals surface area contributed by atoms with E-state index < -0.39 is 11.7 Å². The summed E-state index contributed by atoms with van der Waals surface area (Å²) >= 11 is 0. The first-order valence-corrected chi connectivity index (χ1v) is 17.1. The topological polar surface area (TPSA) is 131 Å². The number of hydrogen-bond acceptors (Lipinski definition) is 6. The zero-order valence-electron chi connectivity index (χ0n) is 31.7. The highest BCUT2D eigenvalue weighted by atomic mass is 16.6. The van der Waals surface area contributed by atoms with Gasteiger partial charge in [0.2, 0.25) is 11.8 Å². The Bertz CT molecular complexity index is 953. The lowest BCUT2D eigenvalue weighted by molar-refractivity contribution is -0.140. The zero-order chi connectivity index (χ0) is 35.9. The predicted octanol–water partition coefficient (Wildman–Crippen LogP) is 7.25. The number of β-lactam (4-membered cyclic amide) rings is 2. The quantitative estimate of drug-likeness (QED) is 0.204. The maximum Gasteiger partial charge on any atom is 0.407 e. The van der Waals surface area contributed by atoms with Crippen molar-refractivity contribution in [3.63, 3.8) is 0 Å². The Balaban J connectivity index is 0. The van der Waals surface area contributed by atoms with Crippen LogP contribution in [0.25, 0.3) is 0 Å². The number of nitrogens with one attached hydrogen (secondary N) is 3. The average molecular weight is 640 g/mol. The summed E-state index contributed by atoms with van der Waals surface area (Å²) in [5.74, 6) is 2.09. The molecule has 0 aromatic carbocycles. The number of Topliss-reactive ketones (excluding diaryl/α,β-unsaturated/α-hetero) is 2. The lowest BCUT2D eigenvalue weighted by atomic mass is 9.75. The van der Waals surface area contributed by atoms with Crippen LogP contribution in [0, 0.1) is 35.0 Å². The van der Waals surface area contributed by atoms with Gasteiger partial charge in [0.25, 0.3) is 0 Å². The highest BCUT2D eigenvalue weighted by molar-refractivity contribution is 5.87. The monoisotopic (exact) mass is 640 g/mol. The van der Waals surface area contributed by atoms with Gasteiger partial charge in [0.1, 0.15) is 17.2 Å². The second kappa shape index (κ2) is 19.9. The Morgan fingerprint density at radius 3 is 1.62 bits per heavy atom. The summed E-state index contributed by atoms with van der Waals surface area (Å²) < 4.78 is 5.15. The molecule has 3 amide bonds. The predicted molar refractivity (Wildman–Crippen MR) is 184 cm³/mol. The molecule has 2 rings (SSSR count). The summed E-state index contributed by atoms with van der Waals surface area (Å²) in [5, 5.41) is 8.29. The van der Waals surface area contributed by atoms with Gasteiger partial charge in [0.05, 0.1) is 11.8 Å². The number of ketones is 2. The first-order valence-electron chi connectivity index (χ1n) is 17.1. The van der Waals surface area contributed by atoms with Crippen molar-refractivity contribution < 1.29 is 28.7 Å². The van der Waals surface area contributed by atoms with Crippen molar-refractivity contribution in [2.75, 3.05) is 6.54 Å². The van der Waals surface area contributed by atoms with E-state index in [0.717, 1.165) is 32.1 Å². The third kappa shape index (κ3) is 16.1. The maximum atomic E-state index is 11.7. The van der Waals surface area contributed by atoms with Crippen molar-refractivity contribution in [1.29, 1.82) is 0 Å². The van der Waals surface area contributed by atoms with Crippen molar-refractivity contribution in [3.8, 4) is 0 Å². The Morgan fingerprint density at radius 1 is 0.889 bits per heavy atom. The molecule has 0 spiro atoms. The van der Waals surface area contributed by atoms with Crippen LogP contribution < -0.4 is 16.0 Å².